The lowest BCUT2D eigenvalue weighted by Crippen LogP contribution is -2.55. The van der Waals surface area contributed by atoms with Crippen LogP contribution in [0.2, 0.25) is 0 Å². The van der Waals surface area contributed by atoms with E-state index < -0.39 is 0 Å². The molecule has 2 aliphatic rings. The Labute approximate surface area is 227 Å². The summed E-state index contributed by atoms with van der Waals surface area (Å²) in [6.07, 6.45) is 6.23. The Morgan fingerprint density at radius 3 is 1.78 bits per heavy atom. The monoisotopic (exact) mass is 526 g/mol. The SMILES string of the molecule is CCP(C)OC(C)(C)CC(C)CCC(C)(C)N1CCN(CC(C)CC(C)CN2CCN(C)CC2)CC1. The van der Waals surface area contributed by atoms with Crippen LogP contribution in [-0.2, 0) is 4.52 Å². The van der Waals surface area contributed by atoms with Crippen molar-refractivity contribution in [3.63, 3.8) is 0 Å². The van der Waals surface area contributed by atoms with Crippen LogP contribution in [0.5, 0.6) is 0 Å². The lowest BCUT2D eigenvalue weighted by Gasteiger charge is -2.45. The molecule has 2 aliphatic heterocycles. The Bertz CT molecular complexity index is 600. The molecule has 0 bridgehead atoms. The molecule has 2 rings (SSSR count). The minimum Gasteiger partial charge on any atom is -0.354 e. The largest absolute Gasteiger partial charge is 0.354 e. The number of likely N-dealkylation sites (N-methyl/N-ethyl adjacent to an activating group) is 1. The number of rotatable bonds is 15. The molecule has 36 heavy (non-hydrogen) atoms. The molecule has 2 heterocycles. The average Bonchev–Trinajstić information content (AvgIpc) is 2.79. The summed E-state index contributed by atoms with van der Waals surface area (Å²) in [4.78, 5) is 10.6. The highest BCUT2D eigenvalue weighted by Gasteiger charge is 2.32. The molecule has 0 radical (unpaired) electrons. The molecule has 0 aliphatic carbocycles. The third-order valence-electron chi connectivity index (χ3n) is 8.71. The van der Waals surface area contributed by atoms with Gasteiger partial charge in [-0.2, -0.15) is 0 Å². The zero-order chi connectivity index (χ0) is 26.9. The predicted octanol–water partition coefficient (Wildman–Crippen LogP) is 5.94. The van der Waals surface area contributed by atoms with E-state index in [2.05, 4.69) is 88.7 Å². The molecule has 214 valence electrons. The van der Waals surface area contributed by atoms with Gasteiger partial charge in [-0.05, 0) is 91.0 Å². The van der Waals surface area contributed by atoms with Crippen molar-refractivity contribution < 1.29 is 4.52 Å². The highest BCUT2D eigenvalue weighted by atomic mass is 31.1. The van der Waals surface area contributed by atoms with Crippen molar-refractivity contribution in [1.29, 1.82) is 0 Å². The quantitative estimate of drug-likeness (QED) is 0.246. The van der Waals surface area contributed by atoms with Crippen molar-refractivity contribution in [3.8, 4) is 0 Å². The first-order chi connectivity index (χ1) is 16.8. The standard InChI is InChI=1S/C30H63N4OP/c1-11-36(10)35-30(7,8)23-26(2)12-13-29(5,6)34-20-18-33(19-21-34)25-28(4)22-27(3)24-32-16-14-31(9)15-17-32/h26-28H,11-25H2,1-10H3. The van der Waals surface area contributed by atoms with Gasteiger partial charge in [-0.15, -0.1) is 0 Å². The van der Waals surface area contributed by atoms with Crippen LogP contribution < -0.4 is 0 Å². The third kappa shape index (κ3) is 12.0. The molecule has 0 N–H and O–H groups in total. The predicted molar refractivity (Wildman–Crippen MR) is 161 cm³/mol. The zero-order valence-corrected chi connectivity index (χ0v) is 26.9. The maximum Gasteiger partial charge on any atom is 0.0671 e. The summed E-state index contributed by atoms with van der Waals surface area (Å²) in [7, 11) is 1.97. The van der Waals surface area contributed by atoms with Gasteiger partial charge in [-0.3, -0.25) is 4.90 Å². The van der Waals surface area contributed by atoms with E-state index in [1.165, 1.54) is 84.7 Å². The smallest absolute Gasteiger partial charge is 0.0671 e. The van der Waals surface area contributed by atoms with Gasteiger partial charge >= 0.3 is 0 Å². The molecule has 0 spiro atoms. The van der Waals surface area contributed by atoms with Crippen molar-refractivity contribution in [2.75, 3.05) is 85.3 Å². The lowest BCUT2D eigenvalue weighted by molar-refractivity contribution is 0.0340. The van der Waals surface area contributed by atoms with Gasteiger partial charge in [0, 0.05) is 79.1 Å². The maximum absolute atomic E-state index is 6.36. The molecular weight excluding hydrogens is 463 g/mol. The summed E-state index contributed by atoms with van der Waals surface area (Å²) in [5.74, 6) is 2.29. The van der Waals surface area contributed by atoms with Crippen LogP contribution in [0.4, 0.5) is 0 Å². The van der Waals surface area contributed by atoms with Gasteiger partial charge in [0.1, 0.15) is 0 Å². The minimum absolute atomic E-state index is 0.00430. The molecule has 0 aromatic carbocycles. The van der Waals surface area contributed by atoms with Crippen LogP contribution in [0.15, 0.2) is 0 Å². The summed E-state index contributed by atoms with van der Waals surface area (Å²) in [6.45, 7) is 33.8. The highest BCUT2D eigenvalue weighted by Crippen LogP contribution is 2.40. The van der Waals surface area contributed by atoms with Gasteiger partial charge in [0.2, 0.25) is 0 Å². The van der Waals surface area contributed by atoms with E-state index in [1.807, 2.05) is 0 Å². The van der Waals surface area contributed by atoms with Crippen LogP contribution in [0.3, 0.4) is 0 Å². The fourth-order valence-corrected chi connectivity index (χ4v) is 7.55. The molecule has 5 nitrogen and oxygen atoms in total. The summed E-state index contributed by atoms with van der Waals surface area (Å²) in [5.41, 5.74) is 0.291. The van der Waals surface area contributed by atoms with Gasteiger partial charge in [-0.1, -0.05) is 27.7 Å². The molecule has 0 saturated carbocycles. The van der Waals surface area contributed by atoms with Crippen LogP contribution in [-0.4, -0.2) is 116 Å². The second kappa shape index (κ2) is 15.1. The second-order valence-corrected chi connectivity index (χ2v) is 15.9. The first-order valence-corrected chi connectivity index (χ1v) is 17.0. The van der Waals surface area contributed by atoms with Crippen molar-refractivity contribution in [2.24, 2.45) is 17.8 Å². The summed E-state index contributed by atoms with van der Waals surface area (Å²) >= 11 is 0. The van der Waals surface area contributed by atoms with Crippen molar-refractivity contribution >= 4 is 8.15 Å². The Morgan fingerprint density at radius 2 is 1.28 bits per heavy atom. The second-order valence-electron chi connectivity index (χ2n) is 13.8. The molecule has 0 aromatic heterocycles. The number of piperazine rings is 2. The van der Waals surface area contributed by atoms with E-state index in [0.29, 0.717) is 5.92 Å². The van der Waals surface area contributed by atoms with Crippen molar-refractivity contribution in [2.45, 2.75) is 92.2 Å². The topological polar surface area (TPSA) is 22.2 Å². The van der Waals surface area contributed by atoms with Gasteiger partial charge < -0.3 is 19.2 Å². The lowest BCUT2D eigenvalue weighted by atomic mass is 9.86. The van der Waals surface area contributed by atoms with Crippen molar-refractivity contribution in [1.82, 2.24) is 19.6 Å². The Morgan fingerprint density at radius 1 is 0.778 bits per heavy atom. The molecule has 4 atom stereocenters. The Balaban J connectivity index is 1.67. The fraction of sp³-hybridized carbons (Fsp3) is 1.00. The summed E-state index contributed by atoms with van der Waals surface area (Å²) in [6, 6.07) is 0. The first kappa shape index (κ1) is 32.4. The van der Waals surface area contributed by atoms with E-state index in [4.69, 9.17) is 4.52 Å². The average molecular weight is 527 g/mol. The molecule has 0 aromatic rings. The molecule has 2 fully saturated rings. The van der Waals surface area contributed by atoms with Gasteiger partial charge in [0.25, 0.3) is 0 Å². The highest BCUT2D eigenvalue weighted by molar-refractivity contribution is 7.51. The first-order valence-electron chi connectivity index (χ1n) is 15.1. The molecule has 2 saturated heterocycles. The van der Waals surface area contributed by atoms with Crippen LogP contribution in [0.1, 0.15) is 81.1 Å². The third-order valence-corrected chi connectivity index (χ3v) is 10.4. The van der Waals surface area contributed by atoms with Gasteiger partial charge in [0.15, 0.2) is 0 Å². The Hall–Kier alpha value is 0.230. The van der Waals surface area contributed by atoms with E-state index >= 15 is 0 Å². The van der Waals surface area contributed by atoms with Crippen molar-refractivity contribution in [3.05, 3.63) is 0 Å². The molecule has 6 heteroatoms. The minimum atomic E-state index is -0.278. The normalized spacial score (nSPS) is 23.5. The molecule has 0 amide bonds. The van der Waals surface area contributed by atoms with Crippen LogP contribution in [0.25, 0.3) is 0 Å². The molecule has 4 unspecified atom stereocenters. The Kier molecular flexibility index (Phi) is 13.6. The van der Waals surface area contributed by atoms with E-state index in [9.17, 15) is 0 Å². The zero-order valence-electron chi connectivity index (χ0n) is 26.0. The fourth-order valence-electron chi connectivity index (χ4n) is 6.51. The molecular formula is C30H63N4OP. The summed E-state index contributed by atoms with van der Waals surface area (Å²) < 4.78 is 6.36. The van der Waals surface area contributed by atoms with E-state index in [1.54, 1.807) is 0 Å². The van der Waals surface area contributed by atoms with Gasteiger partial charge in [-0.25, -0.2) is 0 Å². The number of hydrogen-bond acceptors (Lipinski definition) is 5. The summed E-state index contributed by atoms with van der Waals surface area (Å²) in [5, 5.41) is 0. The van der Waals surface area contributed by atoms with E-state index in [0.717, 1.165) is 24.4 Å². The number of nitrogens with zero attached hydrogens (tertiary/aromatic N) is 4. The number of hydrogen-bond donors (Lipinski definition) is 0. The van der Waals surface area contributed by atoms with Crippen LogP contribution >= 0.6 is 8.15 Å². The maximum atomic E-state index is 6.36. The van der Waals surface area contributed by atoms with Crippen LogP contribution in [0, 0.1) is 17.8 Å². The van der Waals surface area contributed by atoms with E-state index in [-0.39, 0.29) is 19.3 Å². The van der Waals surface area contributed by atoms with Gasteiger partial charge in [0.05, 0.1) is 5.60 Å².